The first-order valence-corrected chi connectivity index (χ1v) is 12.9. The minimum absolute atomic E-state index is 0.00522. The van der Waals surface area contributed by atoms with Gasteiger partial charge in [-0.25, -0.2) is 13.2 Å². The van der Waals surface area contributed by atoms with Gasteiger partial charge in [0.05, 0.1) is 17.1 Å². The Balaban J connectivity index is 1.99. The second-order valence-electron chi connectivity index (χ2n) is 9.09. The summed E-state index contributed by atoms with van der Waals surface area (Å²) in [4.78, 5) is 25.0. The Morgan fingerprint density at radius 2 is 1.71 bits per heavy atom. The minimum Gasteiger partial charge on any atom is -0.465 e. The van der Waals surface area contributed by atoms with Crippen molar-refractivity contribution in [3.8, 4) is 0 Å². The van der Waals surface area contributed by atoms with Crippen LogP contribution in [0.5, 0.6) is 0 Å². The average Bonchev–Trinajstić information content (AvgIpc) is 3.10. The molecule has 3 rings (SSSR count). The highest BCUT2D eigenvalue weighted by Crippen LogP contribution is 2.28. The summed E-state index contributed by atoms with van der Waals surface area (Å²) >= 11 is 0. The zero-order chi connectivity index (χ0) is 25.1. The number of hydrogen-bond donors (Lipinski definition) is 5. The van der Waals surface area contributed by atoms with Gasteiger partial charge in [-0.05, 0) is 35.6 Å². The summed E-state index contributed by atoms with van der Waals surface area (Å²) < 4.78 is 23.6. The van der Waals surface area contributed by atoms with E-state index in [0.717, 1.165) is 11.8 Å². The molecule has 0 aromatic heterocycles. The first-order chi connectivity index (χ1) is 15.9. The molecule has 0 spiro atoms. The summed E-state index contributed by atoms with van der Waals surface area (Å²) in [5, 5.41) is 29.5. The Labute approximate surface area is 199 Å². The van der Waals surface area contributed by atoms with Crippen LogP contribution in [-0.2, 0) is 27.5 Å². The molecule has 0 saturated carbocycles. The van der Waals surface area contributed by atoms with Crippen LogP contribution in [0.1, 0.15) is 25.0 Å². The highest BCUT2D eigenvalue weighted by molar-refractivity contribution is 7.90. The predicted octanol–water partition coefficient (Wildman–Crippen LogP) is 1.31. The lowest BCUT2D eigenvalue weighted by Gasteiger charge is -2.37. The summed E-state index contributed by atoms with van der Waals surface area (Å²) in [5.74, 6) is -0.443. The molecule has 1 heterocycles. The number of carbonyl (C=O) groups excluding carboxylic acids is 1. The predicted molar refractivity (Wildman–Crippen MR) is 127 cm³/mol. The number of amides is 2. The van der Waals surface area contributed by atoms with E-state index in [0.29, 0.717) is 5.56 Å². The molecular weight excluding hydrogens is 458 g/mol. The van der Waals surface area contributed by atoms with E-state index in [1.807, 2.05) is 44.2 Å². The van der Waals surface area contributed by atoms with Crippen LogP contribution in [0.25, 0.3) is 0 Å². The number of benzene rings is 2. The zero-order valence-corrected chi connectivity index (χ0v) is 20.2. The van der Waals surface area contributed by atoms with Gasteiger partial charge in [0.25, 0.3) is 0 Å². The molecular formula is C24H31N3O6S. The van der Waals surface area contributed by atoms with Gasteiger partial charge in [-0.15, -0.1) is 0 Å². The molecule has 1 fully saturated rings. The first kappa shape index (κ1) is 25.7. The lowest BCUT2D eigenvalue weighted by molar-refractivity contribution is -0.129. The maximum absolute atomic E-state index is 13.3. The van der Waals surface area contributed by atoms with Gasteiger partial charge in [0.2, 0.25) is 5.91 Å². The van der Waals surface area contributed by atoms with Crippen molar-refractivity contribution in [1.82, 2.24) is 16.0 Å². The molecule has 2 aromatic carbocycles. The molecule has 5 N–H and O–H groups in total. The molecule has 3 unspecified atom stereocenters. The third-order valence-corrected chi connectivity index (χ3v) is 7.23. The van der Waals surface area contributed by atoms with E-state index in [1.54, 1.807) is 12.1 Å². The molecule has 9 nitrogen and oxygen atoms in total. The van der Waals surface area contributed by atoms with Crippen molar-refractivity contribution in [3.05, 3.63) is 65.7 Å². The number of carboxylic acid groups (broad SMARTS) is 1. The molecule has 4 atom stereocenters. The zero-order valence-electron chi connectivity index (χ0n) is 19.4. The fraction of sp³-hybridized carbons (Fsp3) is 0.417. The normalized spacial score (nSPS) is 22.3. The van der Waals surface area contributed by atoms with E-state index in [9.17, 15) is 28.2 Å². The number of rotatable bonds is 9. The molecule has 34 heavy (non-hydrogen) atoms. The van der Waals surface area contributed by atoms with E-state index in [-0.39, 0.29) is 23.7 Å². The fourth-order valence-corrected chi connectivity index (χ4v) is 4.86. The second-order valence-corrected chi connectivity index (χ2v) is 11.1. The molecule has 184 valence electrons. The van der Waals surface area contributed by atoms with Crippen LogP contribution in [-0.4, -0.2) is 60.7 Å². The van der Waals surface area contributed by atoms with Gasteiger partial charge < -0.3 is 20.8 Å². The molecule has 2 aromatic rings. The van der Waals surface area contributed by atoms with E-state index in [1.165, 1.54) is 12.1 Å². The topological polar surface area (TPSA) is 145 Å². The molecule has 1 aliphatic rings. The SMILES string of the molecule is CC(C)C1NC(=O)[C@](Cc2ccc(S(C)(=O)=O)cc2)(C(O)C(Cc2ccccc2)NC(=O)O)N1. The van der Waals surface area contributed by atoms with Gasteiger partial charge in [-0.2, -0.15) is 0 Å². The van der Waals surface area contributed by atoms with Crippen molar-refractivity contribution >= 4 is 21.8 Å². The van der Waals surface area contributed by atoms with E-state index in [2.05, 4.69) is 16.0 Å². The average molecular weight is 490 g/mol. The summed E-state index contributed by atoms with van der Waals surface area (Å²) in [5.41, 5.74) is -0.122. The van der Waals surface area contributed by atoms with Crippen LogP contribution >= 0.6 is 0 Å². The van der Waals surface area contributed by atoms with Crippen molar-refractivity contribution in [1.29, 1.82) is 0 Å². The maximum Gasteiger partial charge on any atom is 0.404 e. The highest BCUT2D eigenvalue weighted by Gasteiger charge is 2.54. The van der Waals surface area contributed by atoms with Crippen LogP contribution in [0.2, 0.25) is 0 Å². The van der Waals surface area contributed by atoms with Gasteiger partial charge >= 0.3 is 6.09 Å². The Morgan fingerprint density at radius 1 is 1.09 bits per heavy atom. The Kier molecular flexibility index (Phi) is 7.64. The van der Waals surface area contributed by atoms with Crippen molar-refractivity contribution in [3.63, 3.8) is 0 Å². The summed E-state index contributed by atoms with van der Waals surface area (Å²) in [6.45, 7) is 3.83. The minimum atomic E-state index is -3.39. The molecule has 0 aliphatic carbocycles. The summed E-state index contributed by atoms with van der Waals surface area (Å²) in [6, 6.07) is 14.2. The molecule has 10 heteroatoms. The molecule has 1 aliphatic heterocycles. The van der Waals surface area contributed by atoms with Crippen LogP contribution in [0.4, 0.5) is 4.79 Å². The van der Waals surface area contributed by atoms with Crippen LogP contribution in [0.3, 0.4) is 0 Å². The largest absolute Gasteiger partial charge is 0.465 e. The molecule has 0 bridgehead atoms. The van der Waals surface area contributed by atoms with Crippen molar-refractivity contribution in [2.45, 2.75) is 55.4 Å². The second kappa shape index (κ2) is 10.1. The number of nitrogens with one attached hydrogen (secondary N) is 3. The Bertz CT molecular complexity index is 1120. The van der Waals surface area contributed by atoms with E-state index < -0.39 is 45.7 Å². The van der Waals surface area contributed by atoms with Crippen LogP contribution in [0.15, 0.2) is 59.5 Å². The third kappa shape index (κ3) is 5.75. The maximum atomic E-state index is 13.3. The Hall–Kier alpha value is -2.95. The Morgan fingerprint density at radius 3 is 2.21 bits per heavy atom. The van der Waals surface area contributed by atoms with Crippen molar-refractivity contribution < 1.29 is 28.2 Å². The lowest BCUT2D eigenvalue weighted by Crippen LogP contribution is -2.65. The molecule has 1 saturated heterocycles. The van der Waals surface area contributed by atoms with Crippen LogP contribution < -0.4 is 16.0 Å². The third-order valence-electron chi connectivity index (χ3n) is 6.10. The van der Waals surface area contributed by atoms with Gasteiger partial charge in [-0.1, -0.05) is 56.3 Å². The number of aliphatic hydroxyl groups is 1. The van der Waals surface area contributed by atoms with Crippen LogP contribution in [0, 0.1) is 5.92 Å². The highest BCUT2D eigenvalue weighted by atomic mass is 32.2. The van der Waals surface area contributed by atoms with Gasteiger partial charge in [0.15, 0.2) is 9.84 Å². The molecule has 0 radical (unpaired) electrons. The van der Waals surface area contributed by atoms with Crippen molar-refractivity contribution in [2.24, 2.45) is 5.92 Å². The number of aliphatic hydroxyl groups excluding tert-OH is 1. The fourth-order valence-electron chi connectivity index (χ4n) is 4.23. The summed E-state index contributed by atoms with van der Waals surface area (Å²) in [6.07, 6.45) is -1.86. The quantitative estimate of drug-likeness (QED) is 0.357. The molecule has 2 amide bonds. The smallest absolute Gasteiger partial charge is 0.404 e. The van der Waals surface area contributed by atoms with E-state index >= 15 is 0 Å². The monoisotopic (exact) mass is 489 g/mol. The van der Waals surface area contributed by atoms with Gasteiger partial charge in [-0.3, -0.25) is 10.1 Å². The number of sulfone groups is 1. The first-order valence-electron chi connectivity index (χ1n) is 11.0. The number of hydrogen-bond acceptors (Lipinski definition) is 6. The van der Waals surface area contributed by atoms with Gasteiger partial charge in [0, 0.05) is 12.7 Å². The van der Waals surface area contributed by atoms with Crippen molar-refractivity contribution in [2.75, 3.05) is 6.26 Å². The number of carbonyl (C=O) groups is 2. The van der Waals surface area contributed by atoms with E-state index in [4.69, 9.17) is 0 Å². The standard InChI is InChI=1S/C24H31N3O6S/c1-15(2)21-26-22(29)24(27-21,14-17-9-11-18(12-10-17)34(3,32)33)20(28)19(25-23(30)31)13-16-7-5-4-6-8-16/h4-12,15,19-21,25,27-28H,13-14H2,1-3H3,(H,26,29)(H,30,31)/t19?,20?,21?,24-/m0/s1. The van der Waals surface area contributed by atoms with Gasteiger partial charge in [0.1, 0.15) is 11.6 Å². The lowest BCUT2D eigenvalue weighted by atomic mass is 9.80. The summed E-state index contributed by atoms with van der Waals surface area (Å²) in [7, 11) is -3.39.